The van der Waals surface area contributed by atoms with E-state index in [9.17, 15) is 25.2 Å². The summed E-state index contributed by atoms with van der Waals surface area (Å²) in [6, 6.07) is 0. The van der Waals surface area contributed by atoms with Gasteiger partial charge < -0.3 is 20.4 Å². The maximum atomic E-state index is 11.3. The predicted octanol–water partition coefficient (Wildman–Crippen LogP) is 4.79. The summed E-state index contributed by atoms with van der Waals surface area (Å²) >= 11 is 0. The molecule has 0 heterocycles. The van der Waals surface area contributed by atoms with Crippen molar-refractivity contribution in [3.8, 4) is 0 Å². The normalized spacial score (nSPS) is 38.9. The van der Waals surface area contributed by atoms with Gasteiger partial charge in [-0.25, -0.2) is 0 Å². The van der Waals surface area contributed by atoms with E-state index in [1.54, 1.807) is 13.0 Å². The van der Waals surface area contributed by atoms with E-state index in [1.807, 2.05) is 6.08 Å². The van der Waals surface area contributed by atoms with Gasteiger partial charge in [-0.15, -0.1) is 0 Å². The van der Waals surface area contributed by atoms with Gasteiger partial charge in [0.25, 0.3) is 0 Å². The molecule has 0 aromatic rings. The molecule has 0 aromatic heterocycles. The van der Waals surface area contributed by atoms with Crippen LogP contribution in [0, 0.1) is 29.1 Å². The number of rotatable bonds is 6. The summed E-state index contributed by atoms with van der Waals surface area (Å²) in [6.45, 7) is 11.7. The molecule has 0 bridgehead atoms. The summed E-state index contributed by atoms with van der Waals surface area (Å²) in [4.78, 5) is 11.3. The van der Waals surface area contributed by atoms with Crippen LogP contribution < -0.4 is 0 Å². The molecule has 3 aliphatic carbocycles. The molecular weight excluding hydrogens is 416 g/mol. The molecule has 1 unspecified atom stereocenters. The van der Waals surface area contributed by atoms with Gasteiger partial charge in [0.1, 0.15) is 0 Å². The first-order chi connectivity index (χ1) is 15.4. The van der Waals surface area contributed by atoms with E-state index in [0.717, 1.165) is 36.8 Å². The number of aliphatic hydroxyl groups is 3. The molecular formula is C28H42O5. The van der Waals surface area contributed by atoms with Crippen LogP contribution in [0.25, 0.3) is 0 Å². The number of hydrogen-bond acceptors (Lipinski definition) is 4. The number of carbonyl (C=O) groups is 1. The van der Waals surface area contributed by atoms with Crippen molar-refractivity contribution < 1.29 is 25.2 Å². The second kappa shape index (κ2) is 9.89. The third kappa shape index (κ3) is 5.36. The number of fused-ring (bicyclic) bond motifs is 1. The van der Waals surface area contributed by atoms with Crippen molar-refractivity contribution in [2.45, 2.75) is 90.4 Å². The second-order valence-electron chi connectivity index (χ2n) is 11.2. The molecule has 4 N–H and O–H groups in total. The Morgan fingerprint density at radius 2 is 1.94 bits per heavy atom. The van der Waals surface area contributed by atoms with Crippen LogP contribution in [0.1, 0.15) is 72.6 Å². The number of carboxylic acid groups (broad SMARTS) is 1. The molecule has 3 fully saturated rings. The van der Waals surface area contributed by atoms with Crippen LogP contribution in [0.15, 0.2) is 47.6 Å². The predicted molar refractivity (Wildman–Crippen MR) is 130 cm³/mol. The Kier molecular flexibility index (Phi) is 7.77. The highest BCUT2D eigenvalue weighted by Crippen LogP contribution is 2.59. The second-order valence-corrected chi connectivity index (χ2v) is 11.2. The number of carboxylic acids is 1. The van der Waals surface area contributed by atoms with Crippen molar-refractivity contribution in [1.29, 1.82) is 0 Å². The lowest BCUT2D eigenvalue weighted by Crippen LogP contribution is -2.37. The minimum atomic E-state index is -1.37. The fraction of sp³-hybridized carbons (Fsp3) is 0.679. The number of hydrogen-bond donors (Lipinski definition) is 4. The zero-order valence-corrected chi connectivity index (χ0v) is 20.6. The van der Waals surface area contributed by atoms with Gasteiger partial charge in [-0.1, -0.05) is 50.3 Å². The summed E-state index contributed by atoms with van der Waals surface area (Å²) < 4.78 is 0. The molecule has 0 aromatic carbocycles. The third-order valence-electron chi connectivity index (χ3n) is 8.92. The Balaban J connectivity index is 1.77. The first-order valence-corrected chi connectivity index (χ1v) is 12.5. The van der Waals surface area contributed by atoms with Crippen LogP contribution in [-0.2, 0) is 4.79 Å². The maximum absolute atomic E-state index is 11.3. The van der Waals surface area contributed by atoms with Crippen LogP contribution in [-0.4, -0.2) is 44.2 Å². The van der Waals surface area contributed by atoms with Crippen LogP contribution >= 0.6 is 0 Å². The van der Waals surface area contributed by atoms with Gasteiger partial charge in [-0.2, -0.15) is 0 Å². The van der Waals surface area contributed by atoms with Crippen LogP contribution in [0.2, 0.25) is 0 Å². The SMILES string of the molecule is C=C1/C(=C\C=C2/CCC[C@]3(C)[C@@H]([C@H](C)/C=C/[C@@](C)(O)C(C)C(=O)O)CC[C@@H]23)C[C@@H](O)C[C@@H]1O. The molecule has 0 spiro atoms. The number of allylic oxidation sites excluding steroid dienone is 4. The highest BCUT2D eigenvalue weighted by Gasteiger charge is 2.50. The third-order valence-corrected chi connectivity index (χ3v) is 8.92. The molecule has 0 aliphatic heterocycles. The van der Waals surface area contributed by atoms with Gasteiger partial charge in [0, 0.05) is 6.42 Å². The van der Waals surface area contributed by atoms with Gasteiger partial charge in [0.2, 0.25) is 0 Å². The van der Waals surface area contributed by atoms with Crippen molar-refractivity contribution in [3.63, 3.8) is 0 Å². The van der Waals surface area contributed by atoms with E-state index >= 15 is 0 Å². The standard InChI is InChI=1S/C28H42O5/c1-17(12-14-28(5,33)19(3)26(31)32)23-10-11-24-20(7-6-13-27(23,24)4)8-9-21-15-22(29)16-25(30)18(21)2/h8-9,12,14,17,19,22-25,29-30,33H,2,6-7,10-11,13,15-16H2,1,3-5H3,(H,31,32)/b14-12+,20-8+,21-9-/t17-,19?,22-,23-,24+,25+,27-,28-/m1/s1. The molecule has 0 saturated heterocycles. The monoisotopic (exact) mass is 458 g/mol. The molecule has 5 nitrogen and oxygen atoms in total. The minimum absolute atomic E-state index is 0.166. The molecule has 3 aliphatic rings. The van der Waals surface area contributed by atoms with E-state index in [1.165, 1.54) is 18.9 Å². The van der Waals surface area contributed by atoms with Crippen molar-refractivity contribution in [2.75, 3.05) is 0 Å². The highest BCUT2D eigenvalue weighted by atomic mass is 16.4. The fourth-order valence-corrected chi connectivity index (χ4v) is 6.48. The molecule has 184 valence electrons. The molecule has 33 heavy (non-hydrogen) atoms. The smallest absolute Gasteiger partial charge is 0.309 e. The number of aliphatic carboxylic acids is 1. The van der Waals surface area contributed by atoms with Crippen LogP contribution in [0.5, 0.6) is 0 Å². The summed E-state index contributed by atoms with van der Waals surface area (Å²) in [7, 11) is 0. The van der Waals surface area contributed by atoms with Crippen molar-refractivity contribution in [3.05, 3.63) is 47.6 Å². The van der Waals surface area contributed by atoms with Crippen molar-refractivity contribution in [1.82, 2.24) is 0 Å². The number of aliphatic hydroxyl groups excluding tert-OH is 2. The highest BCUT2D eigenvalue weighted by molar-refractivity contribution is 5.71. The van der Waals surface area contributed by atoms with Gasteiger partial charge in [-0.05, 0) is 86.7 Å². The fourth-order valence-electron chi connectivity index (χ4n) is 6.48. The topological polar surface area (TPSA) is 98.0 Å². The van der Waals surface area contributed by atoms with Gasteiger partial charge in [-0.3, -0.25) is 4.79 Å². The average Bonchev–Trinajstić information content (AvgIpc) is 3.10. The molecule has 0 amide bonds. The Bertz CT molecular complexity index is 850. The first kappa shape index (κ1) is 25.9. The lowest BCUT2D eigenvalue weighted by molar-refractivity contribution is -0.147. The van der Waals surface area contributed by atoms with Gasteiger partial charge in [0.05, 0.1) is 23.7 Å². The molecule has 0 radical (unpaired) electrons. The largest absolute Gasteiger partial charge is 0.481 e. The summed E-state index contributed by atoms with van der Waals surface area (Å²) in [5.41, 5.74) is 1.91. The zero-order chi connectivity index (χ0) is 24.6. The Morgan fingerprint density at radius 3 is 2.61 bits per heavy atom. The van der Waals surface area contributed by atoms with E-state index in [0.29, 0.717) is 24.7 Å². The van der Waals surface area contributed by atoms with E-state index < -0.39 is 29.7 Å². The van der Waals surface area contributed by atoms with Crippen molar-refractivity contribution >= 4 is 5.97 Å². The lowest BCUT2D eigenvalue weighted by atomic mass is 9.61. The molecule has 8 atom stereocenters. The Hall–Kier alpha value is -1.69. The van der Waals surface area contributed by atoms with E-state index in [2.05, 4.69) is 32.6 Å². The summed E-state index contributed by atoms with van der Waals surface area (Å²) in [5.74, 6) is -0.652. The maximum Gasteiger partial charge on any atom is 0.309 e. The zero-order valence-electron chi connectivity index (χ0n) is 20.6. The lowest BCUT2D eigenvalue weighted by Gasteiger charge is -2.44. The van der Waals surface area contributed by atoms with Crippen molar-refractivity contribution in [2.24, 2.45) is 29.1 Å². The quantitative estimate of drug-likeness (QED) is 0.429. The Morgan fingerprint density at radius 1 is 1.24 bits per heavy atom. The summed E-state index contributed by atoms with van der Waals surface area (Å²) in [5, 5.41) is 40.1. The molecule has 3 saturated carbocycles. The van der Waals surface area contributed by atoms with Gasteiger partial charge in [0.15, 0.2) is 0 Å². The molecule has 5 heteroatoms. The first-order valence-electron chi connectivity index (χ1n) is 12.5. The van der Waals surface area contributed by atoms with Crippen LogP contribution in [0.4, 0.5) is 0 Å². The average molecular weight is 459 g/mol. The Labute approximate surface area is 198 Å². The van der Waals surface area contributed by atoms with E-state index in [-0.39, 0.29) is 11.3 Å². The van der Waals surface area contributed by atoms with Crippen LogP contribution in [0.3, 0.4) is 0 Å². The van der Waals surface area contributed by atoms with Gasteiger partial charge >= 0.3 is 5.97 Å². The minimum Gasteiger partial charge on any atom is -0.481 e. The summed E-state index contributed by atoms with van der Waals surface area (Å²) in [6.07, 6.45) is 13.3. The van der Waals surface area contributed by atoms with E-state index in [4.69, 9.17) is 0 Å². The molecule has 3 rings (SSSR count).